The Bertz CT molecular complexity index is 1080. The molecule has 146 valence electrons. The van der Waals surface area contributed by atoms with Gasteiger partial charge < -0.3 is 16.0 Å². The molecule has 0 aliphatic rings. The Labute approximate surface area is 168 Å². The number of carbonyl (C=O) groups excluding carboxylic acids is 3. The molecule has 3 aromatic rings. The van der Waals surface area contributed by atoms with Crippen LogP contribution in [0.4, 0.5) is 22.9 Å². The first kappa shape index (κ1) is 19.8. The van der Waals surface area contributed by atoms with Crippen molar-refractivity contribution >= 4 is 40.5 Å². The lowest BCUT2D eigenvalue weighted by Crippen LogP contribution is -2.13. The summed E-state index contributed by atoms with van der Waals surface area (Å²) in [5.41, 5.74) is 2.85. The van der Waals surface area contributed by atoms with Crippen LogP contribution in [-0.4, -0.2) is 22.6 Å². The zero-order valence-corrected chi connectivity index (χ0v) is 16.0. The summed E-state index contributed by atoms with van der Waals surface area (Å²) in [6, 6.07) is 17.2. The van der Waals surface area contributed by atoms with Crippen molar-refractivity contribution < 1.29 is 14.4 Å². The van der Waals surface area contributed by atoms with Gasteiger partial charge in [-0.2, -0.15) is 0 Å². The van der Waals surface area contributed by atoms with Crippen LogP contribution in [0.15, 0.2) is 66.9 Å². The monoisotopic (exact) mass is 388 g/mol. The molecule has 7 nitrogen and oxygen atoms in total. The van der Waals surface area contributed by atoms with Crippen molar-refractivity contribution in [3.05, 3.63) is 78.0 Å². The average molecular weight is 388 g/mol. The van der Waals surface area contributed by atoms with Crippen molar-refractivity contribution in [2.75, 3.05) is 16.0 Å². The molecule has 29 heavy (non-hydrogen) atoms. The van der Waals surface area contributed by atoms with Gasteiger partial charge >= 0.3 is 0 Å². The van der Waals surface area contributed by atoms with E-state index in [0.717, 1.165) is 0 Å². The molecule has 0 atom stereocenters. The summed E-state index contributed by atoms with van der Waals surface area (Å²) in [7, 11) is 0. The second-order valence-corrected chi connectivity index (χ2v) is 6.41. The van der Waals surface area contributed by atoms with Gasteiger partial charge in [-0.1, -0.05) is 18.2 Å². The molecule has 7 heteroatoms. The lowest BCUT2D eigenvalue weighted by atomic mass is 10.1. The topological polar surface area (TPSA) is 100 Å². The predicted octanol–water partition coefficient (Wildman–Crippen LogP) is 4.24. The van der Waals surface area contributed by atoms with Crippen LogP contribution in [0.2, 0.25) is 0 Å². The number of anilines is 4. The molecule has 0 bridgehead atoms. The fraction of sp³-hybridized carbons (Fsp3) is 0.0909. The van der Waals surface area contributed by atoms with E-state index >= 15 is 0 Å². The second-order valence-electron chi connectivity index (χ2n) is 6.41. The Morgan fingerprint density at radius 3 is 2.17 bits per heavy atom. The van der Waals surface area contributed by atoms with E-state index in [4.69, 9.17) is 0 Å². The first-order valence-electron chi connectivity index (χ1n) is 8.94. The number of amides is 2. The summed E-state index contributed by atoms with van der Waals surface area (Å²) >= 11 is 0. The molecule has 0 saturated carbocycles. The van der Waals surface area contributed by atoms with Crippen LogP contribution in [0, 0.1) is 0 Å². The number of pyridine rings is 1. The Morgan fingerprint density at radius 2 is 1.45 bits per heavy atom. The van der Waals surface area contributed by atoms with Gasteiger partial charge in [0.25, 0.3) is 5.91 Å². The average Bonchev–Trinajstić information content (AvgIpc) is 2.68. The summed E-state index contributed by atoms with van der Waals surface area (Å²) in [5.74, 6) is -0.0540. The smallest absolute Gasteiger partial charge is 0.255 e. The first-order valence-corrected chi connectivity index (χ1v) is 8.94. The minimum absolute atomic E-state index is 0.0313. The molecule has 1 heterocycles. The van der Waals surface area contributed by atoms with Crippen LogP contribution < -0.4 is 16.0 Å². The zero-order valence-electron chi connectivity index (χ0n) is 16.0. The van der Waals surface area contributed by atoms with Gasteiger partial charge in [0.2, 0.25) is 5.91 Å². The molecular weight excluding hydrogens is 368 g/mol. The molecule has 2 amide bonds. The minimum atomic E-state index is -0.312. The molecule has 0 aliphatic heterocycles. The van der Waals surface area contributed by atoms with Crippen molar-refractivity contribution in [1.82, 2.24) is 4.98 Å². The molecule has 0 aliphatic carbocycles. The van der Waals surface area contributed by atoms with Gasteiger partial charge in [0.15, 0.2) is 5.78 Å². The first-order chi connectivity index (χ1) is 13.9. The summed E-state index contributed by atoms with van der Waals surface area (Å²) in [4.78, 5) is 39.5. The fourth-order valence-corrected chi connectivity index (χ4v) is 2.69. The fourth-order valence-electron chi connectivity index (χ4n) is 2.69. The number of nitrogens with one attached hydrogen (secondary N) is 3. The van der Waals surface area contributed by atoms with Crippen molar-refractivity contribution in [1.29, 1.82) is 0 Å². The van der Waals surface area contributed by atoms with Gasteiger partial charge in [-0.15, -0.1) is 0 Å². The number of hydrogen-bond donors (Lipinski definition) is 3. The maximum atomic E-state index is 12.6. The molecule has 1 aromatic heterocycles. The van der Waals surface area contributed by atoms with Crippen LogP contribution in [0.5, 0.6) is 0 Å². The third-order valence-corrected chi connectivity index (χ3v) is 4.00. The Kier molecular flexibility index (Phi) is 5.99. The van der Waals surface area contributed by atoms with Gasteiger partial charge in [-0.3, -0.25) is 14.4 Å². The van der Waals surface area contributed by atoms with E-state index in [1.54, 1.807) is 54.6 Å². The quantitative estimate of drug-likeness (QED) is 0.549. The van der Waals surface area contributed by atoms with Gasteiger partial charge in [0, 0.05) is 41.3 Å². The van der Waals surface area contributed by atoms with Crippen LogP contribution in [0.3, 0.4) is 0 Å². The lowest BCUT2D eigenvalue weighted by molar-refractivity contribution is -0.114. The van der Waals surface area contributed by atoms with Gasteiger partial charge in [0.05, 0.1) is 0 Å². The highest BCUT2D eigenvalue weighted by molar-refractivity contribution is 6.05. The molecule has 0 spiro atoms. The lowest BCUT2D eigenvalue weighted by Gasteiger charge is -2.10. The summed E-state index contributed by atoms with van der Waals surface area (Å²) < 4.78 is 0. The Hall–Kier alpha value is -4.00. The van der Waals surface area contributed by atoms with Crippen molar-refractivity contribution in [2.45, 2.75) is 13.8 Å². The largest absolute Gasteiger partial charge is 0.340 e. The molecule has 0 unspecified atom stereocenters. The molecule has 3 rings (SSSR count). The number of carbonyl (C=O) groups is 3. The molecule has 0 saturated heterocycles. The van der Waals surface area contributed by atoms with Crippen LogP contribution in [-0.2, 0) is 4.79 Å². The maximum Gasteiger partial charge on any atom is 0.255 e. The number of ketones is 1. The van der Waals surface area contributed by atoms with Crippen molar-refractivity contribution in [3.8, 4) is 0 Å². The molecule has 0 fully saturated rings. The van der Waals surface area contributed by atoms with E-state index in [-0.39, 0.29) is 17.6 Å². The van der Waals surface area contributed by atoms with Crippen molar-refractivity contribution in [2.24, 2.45) is 0 Å². The third-order valence-electron chi connectivity index (χ3n) is 4.00. The van der Waals surface area contributed by atoms with Crippen molar-refractivity contribution in [3.63, 3.8) is 0 Å². The van der Waals surface area contributed by atoms with E-state index in [2.05, 4.69) is 20.9 Å². The Balaban J connectivity index is 1.73. The molecule has 0 radical (unpaired) electrons. The van der Waals surface area contributed by atoms with E-state index in [1.807, 2.05) is 6.07 Å². The normalized spacial score (nSPS) is 10.1. The number of hydrogen-bond acceptors (Lipinski definition) is 5. The van der Waals surface area contributed by atoms with Gasteiger partial charge in [0.1, 0.15) is 5.82 Å². The zero-order chi connectivity index (χ0) is 20.8. The van der Waals surface area contributed by atoms with E-state index in [9.17, 15) is 14.4 Å². The summed E-state index contributed by atoms with van der Waals surface area (Å²) in [5, 5.41) is 8.57. The van der Waals surface area contributed by atoms with Crippen LogP contribution >= 0.6 is 0 Å². The third kappa shape index (κ3) is 5.49. The van der Waals surface area contributed by atoms with E-state index in [0.29, 0.717) is 34.0 Å². The summed E-state index contributed by atoms with van der Waals surface area (Å²) in [6.07, 6.45) is 1.53. The van der Waals surface area contributed by atoms with Crippen LogP contribution in [0.1, 0.15) is 34.6 Å². The highest BCUT2D eigenvalue weighted by Gasteiger charge is 2.09. The highest BCUT2D eigenvalue weighted by atomic mass is 16.2. The number of aromatic nitrogens is 1. The maximum absolute atomic E-state index is 12.6. The second kappa shape index (κ2) is 8.79. The standard InChI is InChI=1S/C22H20N4O3/c1-14(27)16-5-3-6-18(11-16)25-21-12-17(9-10-23-21)22(29)26-20-8-4-7-19(13-20)24-15(2)28/h3-13H,1-2H3,(H,23,25)(H,24,28)(H,26,29). The Morgan fingerprint density at radius 1 is 0.759 bits per heavy atom. The van der Waals surface area contributed by atoms with Gasteiger partial charge in [-0.25, -0.2) is 4.98 Å². The number of Topliss-reactive ketones (excluding diaryl/α,β-unsaturated/α-hetero) is 1. The van der Waals surface area contributed by atoms with Gasteiger partial charge in [-0.05, 0) is 49.4 Å². The summed E-state index contributed by atoms with van der Waals surface area (Å²) in [6.45, 7) is 2.92. The van der Waals surface area contributed by atoms with E-state index in [1.165, 1.54) is 20.0 Å². The highest BCUT2D eigenvalue weighted by Crippen LogP contribution is 2.19. The molecule has 2 aromatic carbocycles. The number of rotatable bonds is 6. The predicted molar refractivity (Wildman–Crippen MR) is 113 cm³/mol. The van der Waals surface area contributed by atoms with E-state index < -0.39 is 0 Å². The SMILES string of the molecule is CC(=O)Nc1cccc(NC(=O)c2ccnc(Nc3cccc(C(C)=O)c3)c2)c1. The number of nitrogens with zero attached hydrogens (tertiary/aromatic N) is 1. The number of benzene rings is 2. The molecular formula is C22H20N4O3. The minimum Gasteiger partial charge on any atom is -0.340 e. The molecule has 3 N–H and O–H groups in total. The van der Waals surface area contributed by atoms with Crippen LogP contribution in [0.25, 0.3) is 0 Å².